The first-order valence-corrected chi connectivity index (χ1v) is 11.3. The molecule has 0 radical (unpaired) electrons. The fourth-order valence-corrected chi connectivity index (χ4v) is 3.67. The van der Waals surface area contributed by atoms with Crippen molar-refractivity contribution in [2.75, 3.05) is 11.9 Å². The fourth-order valence-electron chi connectivity index (χ4n) is 3.21. The number of alkyl halides is 3. The van der Waals surface area contributed by atoms with Gasteiger partial charge in [0.05, 0.1) is 11.1 Å². The molecule has 1 N–H and O–H groups in total. The number of halogens is 4. The monoisotopic (exact) mass is 583 g/mol. The molecule has 1 atom stereocenters. The molecule has 1 unspecified atom stereocenters. The lowest BCUT2D eigenvalue weighted by atomic mass is 10.1. The Labute approximate surface area is 214 Å². The Balaban J connectivity index is 1.52. The van der Waals surface area contributed by atoms with Gasteiger partial charge < -0.3 is 23.9 Å². The summed E-state index contributed by atoms with van der Waals surface area (Å²) in [6.07, 6.45) is -6.63. The summed E-state index contributed by atoms with van der Waals surface area (Å²) in [6.45, 7) is 3.32. The van der Waals surface area contributed by atoms with Crippen molar-refractivity contribution in [2.45, 2.75) is 26.4 Å². The molecule has 4 aromatic rings. The van der Waals surface area contributed by atoms with Crippen molar-refractivity contribution in [2.24, 2.45) is 0 Å². The van der Waals surface area contributed by atoms with Crippen molar-refractivity contribution in [3.05, 3.63) is 52.5 Å². The molecule has 2 aromatic carbocycles. The first-order valence-electron chi connectivity index (χ1n) is 10.6. The molecular weight excluding hydrogens is 567 g/mol. The average molecular weight is 584 g/mol. The molecule has 4 rings (SSSR count). The third-order valence-corrected chi connectivity index (χ3v) is 5.40. The van der Waals surface area contributed by atoms with Crippen molar-refractivity contribution in [3.63, 3.8) is 0 Å². The molecule has 0 saturated carbocycles. The number of furan rings is 1. The Morgan fingerprint density at radius 2 is 1.97 bits per heavy atom. The lowest BCUT2D eigenvalue weighted by Gasteiger charge is -2.13. The zero-order valence-electron chi connectivity index (χ0n) is 19.1. The highest BCUT2D eigenvalue weighted by atomic mass is 79.9. The van der Waals surface area contributed by atoms with Gasteiger partial charge in [-0.2, -0.15) is 4.68 Å². The topological polar surface area (TPSA) is 131 Å². The molecule has 15 heteroatoms. The lowest BCUT2D eigenvalue weighted by molar-refractivity contribution is -0.274. The van der Waals surface area contributed by atoms with Crippen molar-refractivity contribution in [1.29, 1.82) is 0 Å². The van der Waals surface area contributed by atoms with Crippen molar-refractivity contribution in [3.8, 4) is 17.3 Å². The van der Waals surface area contributed by atoms with Crippen LogP contribution in [-0.4, -0.2) is 45.2 Å². The van der Waals surface area contributed by atoms with Crippen LogP contribution < -0.4 is 10.1 Å². The minimum Gasteiger partial charge on any atom is -0.453 e. The van der Waals surface area contributed by atoms with Crippen LogP contribution in [0.5, 0.6) is 5.75 Å². The van der Waals surface area contributed by atoms with Crippen LogP contribution in [0.25, 0.3) is 22.6 Å². The van der Waals surface area contributed by atoms with Crippen LogP contribution in [0, 0.1) is 0 Å². The number of carbonyl (C=O) groups is 2. The summed E-state index contributed by atoms with van der Waals surface area (Å²) in [5.74, 6) is -0.553. The summed E-state index contributed by atoms with van der Waals surface area (Å²) < 4.78 is 58.2. The molecule has 0 saturated heterocycles. The van der Waals surface area contributed by atoms with Gasteiger partial charge in [-0.3, -0.25) is 4.79 Å². The largest absolute Gasteiger partial charge is 0.573 e. The first-order chi connectivity index (χ1) is 17.5. The van der Waals surface area contributed by atoms with Crippen LogP contribution in [0.1, 0.15) is 30.4 Å². The van der Waals surface area contributed by atoms with E-state index in [1.165, 1.54) is 22.9 Å². The van der Waals surface area contributed by atoms with Gasteiger partial charge in [0, 0.05) is 16.6 Å². The van der Waals surface area contributed by atoms with E-state index in [9.17, 15) is 22.8 Å². The number of hydrogen-bond donors (Lipinski definition) is 1. The quantitative estimate of drug-likeness (QED) is 0.272. The van der Waals surface area contributed by atoms with E-state index in [2.05, 4.69) is 41.5 Å². The number of tetrazole rings is 1. The third-order valence-electron chi connectivity index (χ3n) is 4.78. The Kier molecular flexibility index (Phi) is 7.33. The van der Waals surface area contributed by atoms with Crippen LogP contribution in [0.15, 0.2) is 51.4 Å². The van der Waals surface area contributed by atoms with Gasteiger partial charge in [0.15, 0.2) is 12.0 Å². The van der Waals surface area contributed by atoms with E-state index in [-0.39, 0.29) is 33.9 Å². The Morgan fingerprint density at radius 3 is 2.68 bits per heavy atom. The molecule has 0 aliphatic rings. The van der Waals surface area contributed by atoms with Crippen LogP contribution in [0.2, 0.25) is 0 Å². The van der Waals surface area contributed by atoms with Crippen LogP contribution in [0.4, 0.5) is 23.7 Å². The van der Waals surface area contributed by atoms with E-state index < -0.39 is 30.4 Å². The number of fused-ring (bicyclic) bond motifs is 1. The molecule has 0 aliphatic carbocycles. The maximum Gasteiger partial charge on any atom is 0.573 e. The molecule has 2 heterocycles. The van der Waals surface area contributed by atoms with Gasteiger partial charge in [-0.05, 0) is 76.6 Å². The van der Waals surface area contributed by atoms with E-state index in [4.69, 9.17) is 13.9 Å². The molecule has 0 aliphatic heterocycles. The van der Waals surface area contributed by atoms with Gasteiger partial charge in [0.2, 0.25) is 5.82 Å². The third kappa shape index (κ3) is 6.17. The minimum absolute atomic E-state index is 0.00707. The number of carbonyl (C=O) groups excluding carboxylic acids is 2. The second-order valence-electron chi connectivity index (χ2n) is 7.36. The van der Waals surface area contributed by atoms with Crippen LogP contribution in [0.3, 0.4) is 0 Å². The number of rotatable bonds is 7. The predicted molar refractivity (Wildman–Crippen MR) is 125 cm³/mol. The average Bonchev–Trinajstić information content (AvgIpc) is 3.46. The summed E-state index contributed by atoms with van der Waals surface area (Å²) in [7, 11) is 0. The minimum atomic E-state index is -4.85. The van der Waals surface area contributed by atoms with Gasteiger partial charge in [-0.1, -0.05) is 6.07 Å². The summed E-state index contributed by atoms with van der Waals surface area (Å²) in [6, 6.07) is 9.94. The van der Waals surface area contributed by atoms with Crippen molar-refractivity contribution >= 4 is 44.6 Å². The maximum absolute atomic E-state index is 12.7. The van der Waals surface area contributed by atoms with E-state index >= 15 is 0 Å². The van der Waals surface area contributed by atoms with Crippen LogP contribution >= 0.6 is 15.9 Å². The standard InChI is InChI=1S/C22H17BrF3N5O6/c1-3-34-21(33)35-11(2)31-19(28-29-30-31)18-8-12-4-5-13(9-17(12)36-18)20(32)27-14-6-7-16(15(23)10-14)37-22(24,25)26/h4-11H,3H2,1-2H3,(H,27,32). The molecular formula is C22H17BrF3N5O6. The Morgan fingerprint density at radius 1 is 1.19 bits per heavy atom. The van der Waals surface area contributed by atoms with E-state index in [0.29, 0.717) is 11.0 Å². The van der Waals surface area contributed by atoms with Gasteiger partial charge in [0.1, 0.15) is 11.3 Å². The van der Waals surface area contributed by atoms with Crippen molar-refractivity contribution in [1.82, 2.24) is 20.2 Å². The van der Waals surface area contributed by atoms with Crippen LogP contribution in [-0.2, 0) is 9.47 Å². The number of aromatic nitrogens is 4. The smallest absolute Gasteiger partial charge is 0.453 e. The Bertz CT molecular complexity index is 1450. The normalized spacial score (nSPS) is 12.3. The summed E-state index contributed by atoms with van der Waals surface area (Å²) in [5.41, 5.74) is 0.798. The molecule has 194 valence electrons. The molecule has 0 bridgehead atoms. The molecule has 2 aromatic heterocycles. The lowest BCUT2D eigenvalue weighted by Crippen LogP contribution is -2.17. The van der Waals surface area contributed by atoms with Gasteiger partial charge in [-0.25, -0.2) is 4.79 Å². The van der Waals surface area contributed by atoms with E-state index in [1.54, 1.807) is 32.0 Å². The van der Waals surface area contributed by atoms with E-state index in [0.717, 1.165) is 6.07 Å². The number of nitrogens with one attached hydrogen (secondary N) is 1. The summed E-state index contributed by atoms with van der Waals surface area (Å²) in [5, 5.41) is 14.6. The van der Waals surface area contributed by atoms with Gasteiger partial charge in [0.25, 0.3) is 5.91 Å². The number of ether oxygens (including phenoxy) is 3. The molecule has 11 nitrogen and oxygen atoms in total. The second kappa shape index (κ2) is 10.5. The zero-order chi connectivity index (χ0) is 26.7. The summed E-state index contributed by atoms with van der Waals surface area (Å²) >= 11 is 2.99. The first kappa shape index (κ1) is 25.9. The number of hydrogen-bond acceptors (Lipinski definition) is 9. The molecule has 0 spiro atoms. The summed E-state index contributed by atoms with van der Waals surface area (Å²) in [4.78, 5) is 24.4. The second-order valence-corrected chi connectivity index (χ2v) is 8.21. The number of amides is 1. The van der Waals surface area contributed by atoms with Crippen molar-refractivity contribution < 1.29 is 41.4 Å². The predicted octanol–water partition coefficient (Wildman–Crippen LogP) is 5.69. The molecule has 0 fully saturated rings. The SMILES string of the molecule is CCOC(=O)OC(C)n1nnnc1-c1cc2ccc(C(=O)Nc3ccc(OC(F)(F)F)c(Br)c3)cc2o1. The highest BCUT2D eigenvalue weighted by Crippen LogP contribution is 2.33. The van der Waals surface area contributed by atoms with Gasteiger partial charge >= 0.3 is 12.5 Å². The number of anilines is 1. The molecule has 1 amide bonds. The van der Waals surface area contributed by atoms with Gasteiger partial charge in [-0.15, -0.1) is 18.3 Å². The molecule has 37 heavy (non-hydrogen) atoms. The maximum atomic E-state index is 12.7. The highest BCUT2D eigenvalue weighted by molar-refractivity contribution is 9.10. The number of nitrogens with zero attached hydrogens (tertiary/aromatic N) is 4. The number of benzene rings is 2. The van der Waals surface area contributed by atoms with E-state index in [1.807, 2.05) is 0 Å². The fraction of sp³-hybridized carbons (Fsp3) is 0.227. The zero-order valence-corrected chi connectivity index (χ0v) is 20.7. The highest BCUT2D eigenvalue weighted by Gasteiger charge is 2.32. The Hall–Kier alpha value is -4.14.